The van der Waals surface area contributed by atoms with E-state index in [0.717, 1.165) is 11.4 Å². The van der Waals surface area contributed by atoms with Crippen molar-refractivity contribution in [2.45, 2.75) is 20.8 Å². The maximum absolute atomic E-state index is 12.3. The topological polar surface area (TPSA) is 88.9 Å². The zero-order valence-electron chi connectivity index (χ0n) is 14.8. The lowest BCUT2D eigenvalue weighted by Crippen LogP contribution is -2.13. The van der Waals surface area contributed by atoms with Gasteiger partial charge < -0.3 is 10.6 Å². The van der Waals surface area contributed by atoms with Crippen molar-refractivity contribution in [2.24, 2.45) is 0 Å². The van der Waals surface area contributed by atoms with E-state index in [4.69, 9.17) is 0 Å². The van der Waals surface area contributed by atoms with Crippen LogP contribution in [0.3, 0.4) is 0 Å². The number of nitrogens with one attached hydrogen (secondary N) is 2. The number of rotatable bonds is 4. The highest BCUT2D eigenvalue weighted by molar-refractivity contribution is 6.04. The molecule has 1 aromatic carbocycles. The predicted molar refractivity (Wildman–Crippen MR) is 99.5 cm³/mol. The number of anilines is 2. The van der Waals surface area contributed by atoms with Crippen LogP contribution in [0.4, 0.5) is 11.4 Å². The number of pyridine rings is 1. The minimum Gasteiger partial charge on any atom is -0.326 e. The highest BCUT2D eigenvalue weighted by Gasteiger charge is 2.08. The van der Waals surface area contributed by atoms with Gasteiger partial charge in [-0.05, 0) is 56.3 Å². The summed E-state index contributed by atoms with van der Waals surface area (Å²) < 4.78 is 1.75. The summed E-state index contributed by atoms with van der Waals surface area (Å²) in [6.45, 7) is 5.32. The molecular weight excluding hydrogens is 330 g/mol. The summed E-state index contributed by atoms with van der Waals surface area (Å²) in [6.07, 6.45) is 1.59. The summed E-state index contributed by atoms with van der Waals surface area (Å²) in [5, 5.41) is 9.84. The number of nitrogens with zero attached hydrogens (tertiary/aromatic N) is 3. The van der Waals surface area contributed by atoms with E-state index in [1.165, 1.54) is 6.92 Å². The van der Waals surface area contributed by atoms with Crippen molar-refractivity contribution in [3.63, 3.8) is 0 Å². The molecule has 2 aromatic heterocycles. The highest BCUT2D eigenvalue weighted by Crippen LogP contribution is 2.15. The van der Waals surface area contributed by atoms with Gasteiger partial charge in [-0.25, -0.2) is 9.67 Å². The zero-order valence-corrected chi connectivity index (χ0v) is 14.8. The fourth-order valence-corrected chi connectivity index (χ4v) is 2.56. The van der Waals surface area contributed by atoms with Crippen molar-refractivity contribution in [1.82, 2.24) is 14.8 Å². The van der Waals surface area contributed by atoms with Crippen molar-refractivity contribution in [2.75, 3.05) is 10.6 Å². The fourth-order valence-electron chi connectivity index (χ4n) is 2.56. The Morgan fingerprint density at radius 3 is 2.19 bits per heavy atom. The summed E-state index contributed by atoms with van der Waals surface area (Å²) in [4.78, 5) is 27.7. The molecular formula is C19H19N5O2. The molecule has 7 heteroatoms. The van der Waals surface area contributed by atoms with E-state index >= 15 is 0 Å². The number of hydrogen-bond acceptors (Lipinski definition) is 4. The average molecular weight is 349 g/mol. The number of aryl methyl sites for hydroxylation is 2. The van der Waals surface area contributed by atoms with Gasteiger partial charge in [0, 0.05) is 23.9 Å². The number of aromatic nitrogens is 3. The molecule has 3 rings (SSSR count). The Kier molecular flexibility index (Phi) is 4.79. The third-order valence-electron chi connectivity index (χ3n) is 3.70. The van der Waals surface area contributed by atoms with Gasteiger partial charge in [-0.1, -0.05) is 0 Å². The van der Waals surface area contributed by atoms with E-state index in [9.17, 15) is 9.59 Å². The molecule has 0 radical (unpaired) electrons. The molecule has 2 N–H and O–H groups in total. The van der Waals surface area contributed by atoms with Gasteiger partial charge >= 0.3 is 0 Å². The van der Waals surface area contributed by atoms with Gasteiger partial charge in [0.25, 0.3) is 5.91 Å². The Morgan fingerprint density at radius 1 is 0.962 bits per heavy atom. The number of amides is 2. The maximum Gasteiger partial charge on any atom is 0.255 e. The van der Waals surface area contributed by atoms with Crippen LogP contribution in [-0.2, 0) is 4.79 Å². The predicted octanol–water partition coefficient (Wildman–Crippen LogP) is 3.09. The van der Waals surface area contributed by atoms with Crippen LogP contribution < -0.4 is 10.6 Å². The molecule has 0 bridgehead atoms. The molecule has 0 saturated carbocycles. The molecule has 0 aliphatic rings. The van der Waals surface area contributed by atoms with Crippen LogP contribution in [0.25, 0.3) is 5.82 Å². The summed E-state index contributed by atoms with van der Waals surface area (Å²) in [6, 6.07) is 12.2. The third-order valence-corrected chi connectivity index (χ3v) is 3.70. The minimum atomic E-state index is -0.250. The van der Waals surface area contributed by atoms with Crippen molar-refractivity contribution in [1.29, 1.82) is 0 Å². The summed E-state index contributed by atoms with van der Waals surface area (Å²) in [5.74, 6) is 0.282. The normalized spacial score (nSPS) is 10.4. The fraction of sp³-hybridized carbons (Fsp3) is 0.158. The standard InChI is InChI=1S/C19H19N5O2/c1-12-10-13(2)24(23-12)18-9-8-17(11-20-18)22-19(26)15-4-6-16(7-5-15)21-14(3)25/h4-11H,1-3H3,(H,21,25)(H,22,26). The van der Waals surface area contributed by atoms with Gasteiger partial charge in [0.05, 0.1) is 17.6 Å². The Bertz CT molecular complexity index is 943. The number of carbonyl (C=O) groups excluding carboxylic acids is 2. The first-order valence-electron chi connectivity index (χ1n) is 8.11. The van der Waals surface area contributed by atoms with Gasteiger partial charge in [-0.15, -0.1) is 0 Å². The van der Waals surface area contributed by atoms with Crippen LogP contribution in [0.5, 0.6) is 0 Å². The van der Waals surface area contributed by atoms with E-state index in [0.29, 0.717) is 22.8 Å². The molecule has 0 atom stereocenters. The van der Waals surface area contributed by atoms with Crippen molar-refractivity contribution < 1.29 is 9.59 Å². The van der Waals surface area contributed by atoms with E-state index in [2.05, 4.69) is 20.7 Å². The molecule has 0 fully saturated rings. The van der Waals surface area contributed by atoms with Crippen LogP contribution in [-0.4, -0.2) is 26.6 Å². The van der Waals surface area contributed by atoms with Gasteiger partial charge in [-0.3, -0.25) is 9.59 Å². The largest absolute Gasteiger partial charge is 0.326 e. The molecule has 3 aromatic rings. The van der Waals surface area contributed by atoms with Crippen LogP contribution in [0.15, 0.2) is 48.7 Å². The molecule has 132 valence electrons. The maximum atomic E-state index is 12.3. The number of carbonyl (C=O) groups is 2. The van der Waals surface area contributed by atoms with Crippen molar-refractivity contribution >= 4 is 23.2 Å². The summed E-state index contributed by atoms with van der Waals surface area (Å²) in [7, 11) is 0. The molecule has 0 spiro atoms. The van der Waals surface area contributed by atoms with Gasteiger partial charge in [-0.2, -0.15) is 5.10 Å². The quantitative estimate of drug-likeness (QED) is 0.757. The first-order chi connectivity index (χ1) is 12.4. The van der Waals surface area contributed by atoms with Crippen molar-refractivity contribution in [3.05, 3.63) is 65.6 Å². The van der Waals surface area contributed by atoms with E-state index in [1.54, 1.807) is 47.3 Å². The number of hydrogen-bond donors (Lipinski definition) is 2. The van der Waals surface area contributed by atoms with E-state index < -0.39 is 0 Å². The van der Waals surface area contributed by atoms with E-state index in [-0.39, 0.29) is 11.8 Å². The Morgan fingerprint density at radius 2 is 1.65 bits per heavy atom. The van der Waals surface area contributed by atoms with Crippen LogP contribution in [0.2, 0.25) is 0 Å². The zero-order chi connectivity index (χ0) is 18.7. The minimum absolute atomic E-state index is 0.157. The molecule has 0 unspecified atom stereocenters. The SMILES string of the molecule is CC(=O)Nc1ccc(C(=O)Nc2ccc(-n3nc(C)cc3C)nc2)cc1. The van der Waals surface area contributed by atoms with Gasteiger partial charge in [0.15, 0.2) is 5.82 Å². The molecule has 0 aliphatic carbocycles. The first-order valence-corrected chi connectivity index (χ1v) is 8.11. The second-order valence-corrected chi connectivity index (χ2v) is 5.96. The lowest BCUT2D eigenvalue weighted by atomic mass is 10.2. The Labute approximate surface area is 151 Å². The first kappa shape index (κ1) is 17.3. The molecule has 26 heavy (non-hydrogen) atoms. The highest BCUT2D eigenvalue weighted by atomic mass is 16.2. The molecule has 0 saturated heterocycles. The monoisotopic (exact) mass is 349 g/mol. The molecule has 0 aliphatic heterocycles. The molecule has 2 amide bonds. The van der Waals surface area contributed by atoms with Crippen LogP contribution in [0.1, 0.15) is 28.7 Å². The van der Waals surface area contributed by atoms with Gasteiger partial charge in [0.2, 0.25) is 5.91 Å². The second kappa shape index (κ2) is 7.18. The third kappa shape index (κ3) is 3.94. The van der Waals surface area contributed by atoms with Crippen molar-refractivity contribution in [3.8, 4) is 5.82 Å². The second-order valence-electron chi connectivity index (χ2n) is 5.96. The Balaban J connectivity index is 1.69. The van der Waals surface area contributed by atoms with Crippen LogP contribution in [0, 0.1) is 13.8 Å². The summed E-state index contributed by atoms with van der Waals surface area (Å²) in [5.41, 5.74) is 3.63. The summed E-state index contributed by atoms with van der Waals surface area (Å²) >= 11 is 0. The lowest BCUT2D eigenvalue weighted by Gasteiger charge is -2.08. The number of benzene rings is 1. The van der Waals surface area contributed by atoms with Crippen LogP contribution >= 0.6 is 0 Å². The molecule has 7 nitrogen and oxygen atoms in total. The molecule has 2 heterocycles. The van der Waals surface area contributed by atoms with E-state index in [1.807, 2.05) is 19.9 Å². The lowest BCUT2D eigenvalue weighted by molar-refractivity contribution is -0.114. The average Bonchev–Trinajstić information content (AvgIpc) is 2.94. The van der Waals surface area contributed by atoms with Gasteiger partial charge in [0.1, 0.15) is 0 Å². The Hall–Kier alpha value is -3.48. The smallest absolute Gasteiger partial charge is 0.255 e.